The van der Waals surface area contributed by atoms with Crippen molar-refractivity contribution in [2.24, 2.45) is 5.73 Å². The largest absolute Gasteiger partial charge is 0.497 e. The number of nitriles is 1. The van der Waals surface area contributed by atoms with Crippen molar-refractivity contribution < 1.29 is 23.8 Å². The summed E-state index contributed by atoms with van der Waals surface area (Å²) in [5.41, 5.74) is 5.75. The topological polar surface area (TPSA) is 112 Å². The van der Waals surface area contributed by atoms with Crippen LogP contribution in [0, 0.1) is 11.3 Å². The van der Waals surface area contributed by atoms with E-state index in [1.54, 1.807) is 36.4 Å². The summed E-state index contributed by atoms with van der Waals surface area (Å²) in [5, 5.41) is 8.89. The van der Waals surface area contributed by atoms with E-state index in [1.165, 1.54) is 32.4 Å². The summed E-state index contributed by atoms with van der Waals surface area (Å²) < 4.78 is 15.6. The molecule has 1 amide bonds. The van der Waals surface area contributed by atoms with Crippen molar-refractivity contribution in [1.29, 1.82) is 5.26 Å². The molecule has 0 radical (unpaired) electrons. The lowest BCUT2D eigenvalue weighted by Gasteiger charge is -2.10. The van der Waals surface area contributed by atoms with Crippen LogP contribution in [0.15, 0.2) is 48.0 Å². The summed E-state index contributed by atoms with van der Waals surface area (Å²) >= 11 is 0. The number of hydrogen-bond donors (Lipinski definition) is 1. The van der Waals surface area contributed by atoms with Crippen molar-refractivity contribution in [2.45, 2.75) is 0 Å². The van der Waals surface area contributed by atoms with Crippen molar-refractivity contribution >= 4 is 18.0 Å². The minimum Gasteiger partial charge on any atom is -0.497 e. The lowest BCUT2D eigenvalue weighted by atomic mass is 10.1. The van der Waals surface area contributed by atoms with Crippen LogP contribution in [-0.4, -0.2) is 26.1 Å². The Bertz CT molecular complexity index is 895. The minimum absolute atomic E-state index is 0.197. The van der Waals surface area contributed by atoms with Crippen LogP contribution < -0.4 is 19.9 Å². The second kappa shape index (κ2) is 8.35. The highest BCUT2D eigenvalue weighted by molar-refractivity contribution is 6.00. The van der Waals surface area contributed by atoms with Crippen LogP contribution in [-0.2, 0) is 4.79 Å². The first-order valence-electron chi connectivity index (χ1n) is 7.44. The molecule has 0 aliphatic rings. The molecular weight excluding hydrogens is 336 g/mol. The van der Waals surface area contributed by atoms with Crippen LogP contribution in [0.3, 0.4) is 0 Å². The van der Waals surface area contributed by atoms with Gasteiger partial charge in [0, 0.05) is 0 Å². The zero-order chi connectivity index (χ0) is 19.1. The van der Waals surface area contributed by atoms with Gasteiger partial charge in [-0.3, -0.25) is 4.79 Å². The fraction of sp³-hybridized carbons (Fsp3) is 0.105. The molecule has 0 aliphatic carbocycles. The van der Waals surface area contributed by atoms with Crippen LogP contribution in [0.25, 0.3) is 6.08 Å². The number of ether oxygens (including phenoxy) is 3. The highest BCUT2D eigenvalue weighted by Crippen LogP contribution is 2.29. The van der Waals surface area contributed by atoms with E-state index in [4.69, 9.17) is 25.2 Å². The molecule has 0 saturated carbocycles. The molecule has 0 aliphatic heterocycles. The van der Waals surface area contributed by atoms with Gasteiger partial charge in [0.2, 0.25) is 0 Å². The van der Waals surface area contributed by atoms with E-state index in [0.717, 1.165) is 0 Å². The van der Waals surface area contributed by atoms with E-state index in [9.17, 15) is 9.59 Å². The monoisotopic (exact) mass is 352 g/mol. The average molecular weight is 352 g/mol. The van der Waals surface area contributed by atoms with E-state index < -0.39 is 11.9 Å². The molecule has 26 heavy (non-hydrogen) atoms. The van der Waals surface area contributed by atoms with Gasteiger partial charge >= 0.3 is 5.97 Å². The van der Waals surface area contributed by atoms with Gasteiger partial charge in [-0.1, -0.05) is 6.07 Å². The fourth-order valence-corrected chi connectivity index (χ4v) is 2.07. The molecule has 0 spiro atoms. The Balaban J connectivity index is 2.25. The molecule has 0 fully saturated rings. The zero-order valence-corrected chi connectivity index (χ0v) is 14.2. The van der Waals surface area contributed by atoms with E-state index in [2.05, 4.69) is 0 Å². The third-order valence-electron chi connectivity index (χ3n) is 3.41. The smallest absolute Gasteiger partial charge is 0.343 e. The average Bonchev–Trinajstić information content (AvgIpc) is 2.66. The Morgan fingerprint density at radius 3 is 2.27 bits per heavy atom. The maximum atomic E-state index is 12.2. The van der Waals surface area contributed by atoms with Crippen molar-refractivity contribution in [1.82, 2.24) is 0 Å². The Hall–Kier alpha value is -3.79. The molecule has 2 aromatic rings. The van der Waals surface area contributed by atoms with Gasteiger partial charge in [-0.05, 0) is 48.0 Å². The van der Waals surface area contributed by atoms with E-state index in [-0.39, 0.29) is 17.1 Å². The number of esters is 1. The predicted octanol–water partition coefficient (Wildman–Crippen LogP) is 2.32. The molecule has 0 heterocycles. The molecule has 0 saturated heterocycles. The maximum Gasteiger partial charge on any atom is 0.343 e. The van der Waals surface area contributed by atoms with Gasteiger partial charge in [-0.25, -0.2) is 4.79 Å². The quantitative estimate of drug-likeness (QED) is 0.369. The predicted molar refractivity (Wildman–Crippen MR) is 93.7 cm³/mol. The number of hydrogen-bond acceptors (Lipinski definition) is 6. The van der Waals surface area contributed by atoms with Gasteiger partial charge in [-0.2, -0.15) is 5.26 Å². The van der Waals surface area contributed by atoms with Gasteiger partial charge in [0.15, 0.2) is 11.5 Å². The Labute approximate surface area is 150 Å². The Morgan fingerprint density at radius 1 is 1.04 bits per heavy atom. The number of methoxy groups -OCH3 is 2. The molecule has 2 rings (SSSR count). The molecule has 2 aromatic carbocycles. The van der Waals surface area contributed by atoms with Gasteiger partial charge in [-0.15, -0.1) is 0 Å². The highest BCUT2D eigenvalue weighted by Gasteiger charge is 2.13. The number of rotatable bonds is 6. The number of carbonyl (C=O) groups is 2. The summed E-state index contributed by atoms with van der Waals surface area (Å²) in [6.45, 7) is 0. The summed E-state index contributed by atoms with van der Waals surface area (Å²) in [6.07, 6.45) is 1.32. The molecule has 2 N–H and O–H groups in total. The SMILES string of the molecule is COc1ccc(C(=O)Oc2ccc(/C=C(\C#N)C(N)=O)cc2OC)cc1. The molecule has 132 valence electrons. The lowest BCUT2D eigenvalue weighted by Crippen LogP contribution is -2.12. The molecule has 0 bridgehead atoms. The van der Waals surface area contributed by atoms with Crippen LogP contribution in [0.1, 0.15) is 15.9 Å². The van der Waals surface area contributed by atoms with Crippen LogP contribution in [0.4, 0.5) is 0 Å². The number of benzene rings is 2. The lowest BCUT2D eigenvalue weighted by molar-refractivity contribution is -0.114. The fourth-order valence-electron chi connectivity index (χ4n) is 2.07. The molecule has 0 atom stereocenters. The standard InChI is InChI=1S/C19H16N2O5/c1-24-15-6-4-13(5-7-15)19(23)26-16-8-3-12(10-17(16)25-2)9-14(11-20)18(21)22/h3-10H,1-2H3,(H2,21,22)/b14-9+. The van der Waals surface area contributed by atoms with Crippen molar-refractivity contribution in [3.05, 3.63) is 59.2 Å². The molecular formula is C19H16N2O5. The van der Waals surface area contributed by atoms with E-state index in [1.807, 2.05) is 0 Å². The zero-order valence-electron chi connectivity index (χ0n) is 14.2. The van der Waals surface area contributed by atoms with E-state index >= 15 is 0 Å². The van der Waals surface area contributed by atoms with Crippen LogP contribution >= 0.6 is 0 Å². The number of carbonyl (C=O) groups excluding carboxylic acids is 2. The van der Waals surface area contributed by atoms with Gasteiger partial charge < -0.3 is 19.9 Å². The summed E-state index contributed by atoms with van der Waals surface area (Å²) in [7, 11) is 2.94. The first kappa shape index (κ1) is 18.5. The second-order valence-corrected chi connectivity index (χ2v) is 5.06. The maximum absolute atomic E-state index is 12.2. The van der Waals surface area contributed by atoms with Crippen LogP contribution in [0.2, 0.25) is 0 Å². The normalized spacial score (nSPS) is 10.6. The number of nitrogens with zero attached hydrogens (tertiary/aromatic N) is 1. The third-order valence-corrected chi connectivity index (χ3v) is 3.41. The Morgan fingerprint density at radius 2 is 1.73 bits per heavy atom. The van der Waals surface area contributed by atoms with Crippen LogP contribution in [0.5, 0.6) is 17.2 Å². The van der Waals surface area contributed by atoms with E-state index in [0.29, 0.717) is 16.9 Å². The molecule has 0 aromatic heterocycles. The Kier molecular flexibility index (Phi) is 5.96. The van der Waals surface area contributed by atoms with Gasteiger partial charge in [0.05, 0.1) is 19.8 Å². The first-order chi connectivity index (χ1) is 12.5. The minimum atomic E-state index is -0.832. The highest BCUT2D eigenvalue weighted by atomic mass is 16.6. The third kappa shape index (κ3) is 4.39. The van der Waals surface area contributed by atoms with Crippen molar-refractivity contribution in [2.75, 3.05) is 14.2 Å². The number of primary amides is 1. The van der Waals surface area contributed by atoms with Gasteiger partial charge in [0.1, 0.15) is 17.4 Å². The summed E-state index contributed by atoms with van der Waals surface area (Å²) in [4.78, 5) is 23.4. The van der Waals surface area contributed by atoms with Crippen molar-refractivity contribution in [3.63, 3.8) is 0 Å². The van der Waals surface area contributed by atoms with Gasteiger partial charge in [0.25, 0.3) is 5.91 Å². The summed E-state index contributed by atoms with van der Waals surface area (Å²) in [6, 6.07) is 12.8. The second-order valence-electron chi connectivity index (χ2n) is 5.06. The van der Waals surface area contributed by atoms with Crippen molar-refractivity contribution in [3.8, 4) is 23.3 Å². The number of amides is 1. The molecule has 7 nitrogen and oxygen atoms in total. The molecule has 7 heteroatoms. The first-order valence-corrected chi connectivity index (χ1v) is 7.44. The molecule has 0 unspecified atom stereocenters. The number of nitrogens with two attached hydrogens (primary N) is 1. The summed E-state index contributed by atoms with van der Waals surface area (Å²) in [5.74, 6) is -0.311.